The van der Waals surface area contributed by atoms with Crippen LogP contribution < -0.4 is 0 Å². The van der Waals surface area contributed by atoms with Crippen LogP contribution in [-0.2, 0) is 0 Å². The molecular weight excluding hydrogens is 112 g/mol. The Morgan fingerprint density at radius 1 is 1.50 bits per heavy atom. The van der Waals surface area contributed by atoms with Gasteiger partial charge in [0.25, 0.3) is 0 Å². The summed E-state index contributed by atoms with van der Waals surface area (Å²) in [6.45, 7) is -0.690. The molecule has 0 bridgehead atoms. The van der Waals surface area contributed by atoms with Crippen molar-refractivity contribution in [3.05, 3.63) is 12.3 Å². The first-order chi connectivity index (χ1) is 3.68. The molecule has 0 aromatic heterocycles. The van der Waals surface area contributed by atoms with Gasteiger partial charge in [-0.15, -0.1) is 0 Å². The summed E-state index contributed by atoms with van der Waals surface area (Å²) in [6, 6.07) is 0. The molecule has 0 aromatic rings. The summed E-state index contributed by atoms with van der Waals surface area (Å²) in [5, 5.41) is 0. The van der Waals surface area contributed by atoms with E-state index in [0.29, 0.717) is 0 Å². The Bertz CT molecular complexity index is 80.5. The van der Waals surface area contributed by atoms with E-state index >= 15 is 0 Å². The van der Waals surface area contributed by atoms with E-state index < -0.39 is 6.55 Å². The Hall–Kier alpha value is -0.600. The van der Waals surface area contributed by atoms with Gasteiger partial charge >= 0.3 is 6.55 Å². The lowest BCUT2D eigenvalue weighted by molar-refractivity contribution is 0.0226. The predicted molar refractivity (Wildman–Crippen MR) is 28.6 cm³/mol. The zero-order chi connectivity index (χ0) is 6.57. The fourth-order valence-electron chi connectivity index (χ4n) is 0.300. The number of allylic oxidation sites excluding steroid dienone is 1. The van der Waals surface area contributed by atoms with E-state index in [-0.39, 0.29) is 0 Å². The van der Waals surface area contributed by atoms with Crippen LogP contribution in [0.15, 0.2) is 12.3 Å². The third kappa shape index (κ3) is 2.55. The Morgan fingerprint density at radius 3 is 2.12 bits per heavy atom. The smallest absolute Gasteiger partial charge is 0.314 e. The molecule has 8 heavy (non-hydrogen) atoms. The minimum Gasteiger partial charge on any atom is -0.326 e. The molecule has 48 valence electrons. The Kier molecular flexibility index (Phi) is 3.15. The largest absolute Gasteiger partial charge is 0.326 e. The molecule has 0 aliphatic rings. The molecule has 3 heteroatoms. The predicted octanol–water partition coefficient (Wildman–Crippen LogP) is 1.67. The fourth-order valence-corrected chi connectivity index (χ4v) is 0.300. The van der Waals surface area contributed by atoms with Crippen LogP contribution >= 0.6 is 0 Å². The maximum absolute atomic E-state index is 11.5. The lowest BCUT2D eigenvalue weighted by Gasteiger charge is -2.10. The molecule has 0 atom stereocenters. The van der Waals surface area contributed by atoms with E-state index in [1.165, 1.54) is 13.2 Å². The van der Waals surface area contributed by atoms with Crippen LogP contribution in [0.5, 0.6) is 0 Å². The maximum Gasteiger partial charge on any atom is 0.314 e. The third-order valence-corrected chi connectivity index (χ3v) is 0.692. The molecule has 0 fully saturated rings. The zero-order valence-electron chi connectivity index (χ0n) is 4.94. The minimum atomic E-state index is -2.38. The Labute approximate surface area is 47.6 Å². The lowest BCUT2D eigenvalue weighted by atomic mass is 10.6. The first-order valence-corrected chi connectivity index (χ1v) is 2.31. The van der Waals surface area contributed by atoms with Gasteiger partial charge in [0, 0.05) is 7.05 Å². The number of alkyl halides is 2. The van der Waals surface area contributed by atoms with Crippen LogP contribution in [0.2, 0.25) is 0 Å². The van der Waals surface area contributed by atoms with Crippen molar-refractivity contribution in [3.8, 4) is 0 Å². The molecule has 1 nitrogen and oxygen atoms in total. The van der Waals surface area contributed by atoms with Crippen molar-refractivity contribution in [2.75, 3.05) is 7.05 Å². The molecule has 0 unspecified atom stereocenters. The normalized spacial score (nSPS) is 11.1. The van der Waals surface area contributed by atoms with Gasteiger partial charge < -0.3 is 4.90 Å². The monoisotopic (exact) mass is 121 g/mol. The van der Waals surface area contributed by atoms with Crippen molar-refractivity contribution < 1.29 is 8.78 Å². The number of rotatable bonds is 2. The summed E-state index contributed by atoms with van der Waals surface area (Å²) in [7, 11) is 1.32. The highest BCUT2D eigenvalue weighted by Gasteiger charge is 2.02. The van der Waals surface area contributed by atoms with Gasteiger partial charge in [-0.05, 0) is 13.1 Å². The van der Waals surface area contributed by atoms with E-state index in [2.05, 4.69) is 0 Å². The Balaban J connectivity index is 3.47. The molecule has 0 aliphatic carbocycles. The van der Waals surface area contributed by atoms with Gasteiger partial charge in [0.2, 0.25) is 0 Å². The van der Waals surface area contributed by atoms with E-state index in [0.717, 1.165) is 4.90 Å². The molecular formula is C5H9F2N. The quantitative estimate of drug-likeness (QED) is 0.502. The van der Waals surface area contributed by atoms with Crippen LogP contribution in [0.3, 0.4) is 0 Å². The summed E-state index contributed by atoms with van der Waals surface area (Å²) in [5.41, 5.74) is 0. The van der Waals surface area contributed by atoms with Gasteiger partial charge in [-0.2, -0.15) is 8.78 Å². The third-order valence-electron chi connectivity index (χ3n) is 0.692. The van der Waals surface area contributed by atoms with E-state index in [1.807, 2.05) is 0 Å². The van der Waals surface area contributed by atoms with Crippen molar-refractivity contribution in [1.29, 1.82) is 0 Å². The summed E-state index contributed by atoms with van der Waals surface area (Å²) >= 11 is 0. The van der Waals surface area contributed by atoms with Crippen molar-refractivity contribution >= 4 is 0 Å². The van der Waals surface area contributed by atoms with E-state index in [9.17, 15) is 8.78 Å². The van der Waals surface area contributed by atoms with Crippen molar-refractivity contribution in [1.82, 2.24) is 4.90 Å². The highest BCUT2D eigenvalue weighted by molar-refractivity contribution is 4.74. The van der Waals surface area contributed by atoms with Gasteiger partial charge in [0.1, 0.15) is 0 Å². The molecule has 0 aliphatic heterocycles. The molecule has 0 spiro atoms. The second-order valence-corrected chi connectivity index (χ2v) is 1.43. The number of hydrogen-bond donors (Lipinski definition) is 0. The van der Waals surface area contributed by atoms with Crippen LogP contribution in [0.1, 0.15) is 6.92 Å². The molecule has 0 aromatic carbocycles. The van der Waals surface area contributed by atoms with Gasteiger partial charge in [-0.25, -0.2) is 0 Å². The van der Waals surface area contributed by atoms with Gasteiger partial charge in [-0.3, -0.25) is 0 Å². The summed E-state index contributed by atoms with van der Waals surface area (Å²) in [4.78, 5) is 0.833. The van der Waals surface area contributed by atoms with Crippen LogP contribution in [0, 0.1) is 0 Å². The maximum atomic E-state index is 11.5. The standard InChI is InChI=1S/C5H9F2N/c1-3-4-8(2)5(6)7/h3-5H,1-2H3/b4-3-. The number of nitrogens with zero attached hydrogens (tertiary/aromatic N) is 1. The molecule has 0 saturated carbocycles. The SMILES string of the molecule is C/C=C\N(C)C(F)F. The highest BCUT2D eigenvalue weighted by atomic mass is 19.3. The highest BCUT2D eigenvalue weighted by Crippen LogP contribution is 1.98. The van der Waals surface area contributed by atoms with E-state index in [4.69, 9.17) is 0 Å². The lowest BCUT2D eigenvalue weighted by Crippen LogP contribution is -2.16. The Morgan fingerprint density at radius 2 is 2.00 bits per heavy atom. The number of hydrogen-bond acceptors (Lipinski definition) is 1. The first kappa shape index (κ1) is 7.40. The zero-order valence-corrected chi connectivity index (χ0v) is 4.94. The molecule has 0 radical (unpaired) electrons. The molecule has 0 rings (SSSR count). The topological polar surface area (TPSA) is 3.24 Å². The average Bonchev–Trinajstić information content (AvgIpc) is 1.67. The molecule has 0 amide bonds. The van der Waals surface area contributed by atoms with E-state index in [1.54, 1.807) is 13.0 Å². The number of halogens is 2. The van der Waals surface area contributed by atoms with Crippen LogP contribution in [0.4, 0.5) is 8.78 Å². The average molecular weight is 121 g/mol. The summed E-state index contributed by atoms with van der Waals surface area (Å²) in [6.07, 6.45) is 2.89. The molecule has 0 N–H and O–H groups in total. The minimum absolute atomic E-state index is 0.833. The van der Waals surface area contributed by atoms with Gasteiger partial charge in [0.15, 0.2) is 0 Å². The summed E-state index contributed by atoms with van der Waals surface area (Å²) in [5.74, 6) is 0. The van der Waals surface area contributed by atoms with Crippen molar-refractivity contribution in [2.24, 2.45) is 0 Å². The van der Waals surface area contributed by atoms with Crippen molar-refractivity contribution in [3.63, 3.8) is 0 Å². The first-order valence-electron chi connectivity index (χ1n) is 2.31. The van der Waals surface area contributed by atoms with Crippen molar-refractivity contribution in [2.45, 2.75) is 13.5 Å². The van der Waals surface area contributed by atoms with Gasteiger partial charge in [-0.1, -0.05) is 6.08 Å². The fraction of sp³-hybridized carbons (Fsp3) is 0.600. The van der Waals surface area contributed by atoms with Crippen LogP contribution in [0.25, 0.3) is 0 Å². The second-order valence-electron chi connectivity index (χ2n) is 1.43. The second kappa shape index (κ2) is 3.41. The summed E-state index contributed by atoms with van der Waals surface area (Å²) < 4.78 is 23.0. The molecule has 0 heterocycles. The van der Waals surface area contributed by atoms with Crippen LogP contribution in [-0.4, -0.2) is 18.5 Å². The molecule has 0 saturated heterocycles. The van der Waals surface area contributed by atoms with Gasteiger partial charge in [0.05, 0.1) is 0 Å².